The van der Waals surface area contributed by atoms with Crippen LogP contribution in [0.2, 0.25) is 0 Å². The molecule has 98 valence electrons. The molecule has 1 aromatic rings. The Hall–Kier alpha value is -1.95. The summed E-state index contributed by atoms with van der Waals surface area (Å²) >= 11 is 0. The van der Waals surface area contributed by atoms with E-state index in [0.29, 0.717) is 19.4 Å². The highest BCUT2D eigenvalue weighted by molar-refractivity contribution is 5.94. The third kappa shape index (κ3) is 4.14. The van der Waals surface area contributed by atoms with Crippen LogP contribution in [0.15, 0.2) is 18.2 Å². The molecule has 0 atom stereocenters. The van der Waals surface area contributed by atoms with E-state index >= 15 is 0 Å². The van der Waals surface area contributed by atoms with Crippen LogP contribution in [0.25, 0.3) is 0 Å². The highest BCUT2D eigenvalue weighted by atomic mass is 19.1. The van der Waals surface area contributed by atoms with Crippen LogP contribution in [0, 0.1) is 5.82 Å². The highest BCUT2D eigenvalue weighted by Gasteiger charge is 2.10. The number of aromatic carboxylic acids is 1. The van der Waals surface area contributed by atoms with Crippen molar-refractivity contribution in [2.75, 3.05) is 11.9 Å². The maximum Gasteiger partial charge on any atom is 0.335 e. The number of nitrogens with one attached hydrogen (secondary N) is 1. The predicted octanol–water partition coefficient (Wildman–Crippen LogP) is 1.59. The van der Waals surface area contributed by atoms with Gasteiger partial charge in [0.2, 0.25) is 5.91 Å². The number of amides is 1. The van der Waals surface area contributed by atoms with Gasteiger partial charge in [-0.2, -0.15) is 0 Å². The summed E-state index contributed by atoms with van der Waals surface area (Å²) in [7, 11) is 0. The van der Waals surface area contributed by atoms with E-state index < -0.39 is 11.8 Å². The number of carboxylic acids is 1. The molecule has 0 unspecified atom stereocenters. The van der Waals surface area contributed by atoms with Crippen LogP contribution < -0.4 is 11.1 Å². The average molecular weight is 254 g/mol. The summed E-state index contributed by atoms with van der Waals surface area (Å²) in [5.74, 6) is -2.19. The molecule has 0 fully saturated rings. The highest BCUT2D eigenvalue weighted by Crippen LogP contribution is 2.16. The SMILES string of the molecule is NCCCCC(=O)Nc1cc(C(=O)O)ccc1F. The zero-order valence-corrected chi connectivity index (χ0v) is 9.78. The number of hydrogen-bond acceptors (Lipinski definition) is 3. The van der Waals surface area contributed by atoms with Gasteiger partial charge in [0.05, 0.1) is 11.3 Å². The standard InChI is InChI=1S/C12H15FN2O3/c13-9-5-4-8(12(17)18)7-10(9)15-11(16)3-1-2-6-14/h4-5,7H,1-3,6,14H2,(H,15,16)(H,17,18). The molecule has 0 aliphatic heterocycles. The number of carboxylic acid groups (broad SMARTS) is 1. The van der Waals surface area contributed by atoms with Crippen molar-refractivity contribution in [1.82, 2.24) is 0 Å². The van der Waals surface area contributed by atoms with E-state index in [-0.39, 0.29) is 23.6 Å². The topological polar surface area (TPSA) is 92.4 Å². The van der Waals surface area contributed by atoms with Gasteiger partial charge in [0.15, 0.2) is 0 Å². The lowest BCUT2D eigenvalue weighted by Crippen LogP contribution is -2.13. The summed E-state index contributed by atoms with van der Waals surface area (Å²) in [5, 5.41) is 11.1. The Morgan fingerprint density at radius 2 is 2.06 bits per heavy atom. The van der Waals surface area contributed by atoms with E-state index in [9.17, 15) is 14.0 Å². The molecule has 0 aromatic heterocycles. The third-order valence-electron chi connectivity index (χ3n) is 2.35. The molecule has 5 nitrogen and oxygen atoms in total. The number of carbonyl (C=O) groups excluding carboxylic acids is 1. The minimum absolute atomic E-state index is 0.0753. The molecular weight excluding hydrogens is 239 g/mol. The Balaban J connectivity index is 2.68. The van der Waals surface area contributed by atoms with Crippen LogP contribution >= 0.6 is 0 Å². The van der Waals surface area contributed by atoms with Crippen molar-refractivity contribution in [3.05, 3.63) is 29.6 Å². The Morgan fingerprint density at radius 3 is 2.67 bits per heavy atom. The summed E-state index contributed by atoms with van der Waals surface area (Å²) in [6.07, 6.45) is 1.56. The summed E-state index contributed by atoms with van der Waals surface area (Å²) in [4.78, 5) is 22.2. The van der Waals surface area contributed by atoms with E-state index in [1.807, 2.05) is 0 Å². The van der Waals surface area contributed by atoms with Crippen LogP contribution in [-0.2, 0) is 4.79 Å². The fourth-order valence-electron chi connectivity index (χ4n) is 1.40. The lowest BCUT2D eigenvalue weighted by molar-refractivity contribution is -0.116. The lowest BCUT2D eigenvalue weighted by Gasteiger charge is -2.07. The molecule has 0 saturated carbocycles. The fraction of sp³-hybridized carbons (Fsp3) is 0.333. The molecule has 4 N–H and O–H groups in total. The van der Waals surface area contributed by atoms with Gasteiger partial charge in [-0.1, -0.05) is 0 Å². The lowest BCUT2D eigenvalue weighted by atomic mass is 10.2. The zero-order valence-electron chi connectivity index (χ0n) is 9.78. The zero-order chi connectivity index (χ0) is 13.5. The third-order valence-corrected chi connectivity index (χ3v) is 2.35. The van der Waals surface area contributed by atoms with Gasteiger partial charge in [-0.15, -0.1) is 0 Å². The minimum Gasteiger partial charge on any atom is -0.478 e. The van der Waals surface area contributed by atoms with Crippen molar-refractivity contribution in [2.45, 2.75) is 19.3 Å². The van der Waals surface area contributed by atoms with Crippen molar-refractivity contribution in [2.24, 2.45) is 5.73 Å². The van der Waals surface area contributed by atoms with Crippen LogP contribution in [0.3, 0.4) is 0 Å². The Morgan fingerprint density at radius 1 is 1.33 bits per heavy atom. The number of benzene rings is 1. The van der Waals surface area contributed by atoms with Crippen LogP contribution in [0.1, 0.15) is 29.6 Å². The molecule has 18 heavy (non-hydrogen) atoms. The minimum atomic E-state index is -1.17. The van der Waals surface area contributed by atoms with Gasteiger partial charge >= 0.3 is 5.97 Å². The normalized spacial score (nSPS) is 10.1. The molecule has 0 heterocycles. The number of rotatable bonds is 6. The second kappa shape index (κ2) is 6.70. The number of carbonyl (C=O) groups is 2. The van der Waals surface area contributed by atoms with Gasteiger partial charge in [0.1, 0.15) is 5.82 Å². The fourth-order valence-corrected chi connectivity index (χ4v) is 1.40. The van der Waals surface area contributed by atoms with Crippen molar-refractivity contribution < 1.29 is 19.1 Å². The van der Waals surface area contributed by atoms with E-state index in [0.717, 1.165) is 18.2 Å². The number of halogens is 1. The van der Waals surface area contributed by atoms with Crippen molar-refractivity contribution in [3.8, 4) is 0 Å². The molecule has 1 aromatic carbocycles. The van der Waals surface area contributed by atoms with Crippen LogP contribution in [-0.4, -0.2) is 23.5 Å². The molecule has 0 spiro atoms. The second-order valence-corrected chi connectivity index (χ2v) is 3.79. The molecule has 0 bridgehead atoms. The molecular formula is C12H15FN2O3. The molecule has 6 heteroatoms. The summed E-state index contributed by atoms with van der Waals surface area (Å²) in [6, 6.07) is 3.25. The molecule has 1 amide bonds. The number of unbranched alkanes of at least 4 members (excludes halogenated alkanes) is 1. The van der Waals surface area contributed by atoms with E-state index in [2.05, 4.69) is 5.32 Å². The quantitative estimate of drug-likeness (QED) is 0.672. The van der Waals surface area contributed by atoms with E-state index in [1.165, 1.54) is 0 Å². The molecule has 1 rings (SSSR count). The van der Waals surface area contributed by atoms with Gasteiger partial charge in [-0.05, 0) is 37.6 Å². The average Bonchev–Trinajstić information content (AvgIpc) is 2.32. The predicted molar refractivity (Wildman–Crippen MR) is 64.9 cm³/mol. The maximum atomic E-state index is 13.4. The number of nitrogens with two attached hydrogens (primary N) is 1. The van der Waals surface area contributed by atoms with Crippen LogP contribution in [0.4, 0.5) is 10.1 Å². The molecule has 0 radical (unpaired) electrons. The monoisotopic (exact) mass is 254 g/mol. The number of anilines is 1. The first-order valence-electron chi connectivity index (χ1n) is 5.57. The van der Waals surface area contributed by atoms with E-state index in [4.69, 9.17) is 10.8 Å². The summed E-state index contributed by atoms with van der Waals surface area (Å²) in [6.45, 7) is 0.496. The van der Waals surface area contributed by atoms with Crippen LogP contribution in [0.5, 0.6) is 0 Å². The van der Waals surface area contributed by atoms with E-state index in [1.54, 1.807) is 0 Å². The summed E-state index contributed by atoms with van der Waals surface area (Å²) < 4.78 is 13.4. The first-order chi connectivity index (χ1) is 8.54. The first kappa shape index (κ1) is 14.1. The smallest absolute Gasteiger partial charge is 0.335 e. The van der Waals surface area contributed by atoms with Crippen molar-refractivity contribution >= 4 is 17.6 Å². The Kier molecular flexibility index (Phi) is 5.26. The van der Waals surface area contributed by atoms with Gasteiger partial charge < -0.3 is 16.2 Å². The van der Waals surface area contributed by atoms with Crippen molar-refractivity contribution in [3.63, 3.8) is 0 Å². The number of hydrogen-bond donors (Lipinski definition) is 3. The van der Waals surface area contributed by atoms with Gasteiger partial charge in [-0.25, -0.2) is 9.18 Å². The largest absolute Gasteiger partial charge is 0.478 e. The first-order valence-corrected chi connectivity index (χ1v) is 5.57. The van der Waals surface area contributed by atoms with Gasteiger partial charge in [0, 0.05) is 6.42 Å². The Bertz CT molecular complexity index is 449. The maximum absolute atomic E-state index is 13.4. The summed E-state index contributed by atoms with van der Waals surface area (Å²) in [5.41, 5.74) is 5.09. The second-order valence-electron chi connectivity index (χ2n) is 3.79. The Labute approximate surface area is 104 Å². The molecule has 0 aliphatic carbocycles. The van der Waals surface area contributed by atoms with Crippen molar-refractivity contribution in [1.29, 1.82) is 0 Å². The van der Waals surface area contributed by atoms with Gasteiger partial charge in [-0.3, -0.25) is 4.79 Å². The molecule has 0 saturated heterocycles. The molecule has 0 aliphatic rings. The van der Waals surface area contributed by atoms with Gasteiger partial charge in [0.25, 0.3) is 0 Å².